The van der Waals surface area contributed by atoms with E-state index < -0.39 is 5.79 Å². The van der Waals surface area contributed by atoms with Crippen LogP contribution in [0.2, 0.25) is 0 Å². The van der Waals surface area contributed by atoms with Crippen LogP contribution in [0.4, 0.5) is 0 Å². The van der Waals surface area contributed by atoms with E-state index in [0.29, 0.717) is 0 Å². The molecular weight excluding hydrogens is 180 g/mol. The summed E-state index contributed by atoms with van der Waals surface area (Å²) in [5.41, 5.74) is 0. The summed E-state index contributed by atoms with van der Waals surface area (Å²) in [6, 6.07) is 0. The predicted octanol–water partition coefficient (Wildman–Crippen LogP) is 2.08. The largest absolute Gasteiger partial charge is 0.394 e. The lowest BCUT2D eigenvalue weighted by atomic mass is 10.0. The molecule has 0 aromatic rings. The van der Waals surface area contributed by atoms with E-state index in [1.807, 2.05) is 13.8 Å². The van der Waals surface area contributed by atoms with Crippen molar-refractivity contribution >= 4 is 0 Å². The smallest absolute Gasteiger partial charge is 0.163 e. The van der Waals surface area contributed by atoms with E-state index in [1.54, 1.807) is 0 Å². The number of rotatable bonds is 4. The van der Waals surface area contributed by atoms with Crippen LogP contribution in [0.1, 0.15) is 46.5 Å². The van der Waals surface area contributed by atoms with Gasteiger partial charge in [-0.05, 0) is 20.3 Å². The summed E-state index contributed by atoms with van der Waals surface area (Å²) in [6.07, 6.45) is 4.44. The maximum Gasteiger partial charge on any atom is 0.163 e. The number of ether oxygens (including phenoxy) is 2. The van der Waals surface area contributed by atoms with Crippen molar-refractivity contribution in [1.82, 2.24) is 0 Å². The molecule has 2 atom stereocenters. The lowest BCUT2D eigenvalue weighted by molar-refractivity contribution is -0.304. The second kappa shape index (κ2) is 5.10. The Labute approximate surface area is 86.4 Å². The number of aliphatic hydroxyl groups excluding tert-OH is 1. The molecule has 1 fully saturated rings. The van der Waals surface area contributed by atoms with Gasteiger partial charge in [0.15, 0.2) is 5.79 Å². The highest BCUT2D eigenvalue weighted by molar-refractivity contribution is 4.75. The molecule has 84 valence electrons. The number of unbranched alkanes of at least 4 members (excludes halogenated alkanes) is 1. The minimum absolute atomic E-state index is 0.0550. The van der Waals surface area contributed by atoms with E-state index in [0.717, 1.165) is 12.8 Å². The third kappa shape index (κ3) is 3.56. The molecule has 14 heavy (non-hydrogen) atoms. The second-order valence-electron chi connectivity index (χ2n) is 4.44. The van der Waals surface area contributed by atoms with Crippen LogP contribution in [-0.4, -0.2) is 29.7 Å². The van der Waals surface area contributed by atoms with Gasteiger partial charge in [-0.1, -0.05) is 19.8 Å². The van der Waals surface area contributed by atoms with Crippen LogP contribution in [0, 0.1) is 0 Å². The van der Waals surface area contributed by atoms with Crippen molar-refractivity contribution in [3.8, 4) is 0 Å². The minimum atomic E-state index is -0.538. The van der Waals surface area contributed by atoms with Gasteiger partial charge in [0, 0.05) is 6.42 Å². The molecule has 0 aromatic heterocycles. The molecule has 3 nitrogen and oxygen atoms in total. The highest BCUT2D eigenvalue weighted by Crippen LogP contribution is 2.28. The lowest BCUT2D eigenvalue weighted by Crippen LogP contribution is -2.45. The maximum atomic E-state index is 9.09. The minimum Gasteiger partial charge on any atom is -0.394 e. The SMILES string of the molecule is CCCC[C@H]1C[C@@H](CO)OC(C)(C)O1. The normalized spacial score (nSPS) is 31.7. The molecule has 1 heterocycles. The zero-order valence-corrected chi connectivity index (χ0v) is 9.45. The van der Waals surface area contributed by atoms with Crippen molar-refractivity contribution in [3.05, 3.63) is 0 Å². The molecule has 0 aliphatic carbocycles. The van der Waals surface area contributed by atoms with Crippen molar-refractivity contribution in [3.63, 3.8) is 0 Å². The van der Waals surface area contributed by atoms with Crippen LogP contribution in [0.25, 0.3) is 0 Å². The molecule has 0 radical (unpaired) electrons. The van der Waals surface area contributed by atoms with Gasteiger partial charge in [0.05, 0.1) is 18.8 Å². The van der Waals surface area contributed by atoms with Crippen molar-refractivity contribution in [2.75, 3.05) is 6.61 Å². The summed E-state index contributed by atoms with van der Waals surface area (Å²) < 4.78 is 11.3. The van der Waals surface area contributed by atoms with Crippen LogP contribution in [0.3, 0.4) is 0 Å². The first-order chi connectivity index (χ1) is 6.57. The van der Waals surface area contributed by atoms with Gasteiger partial charge in [-0.3, -0.25) is 0 Å². The van der Waals surface area contributed by atoms with E-state index >= 15 is 0 Å². The van der Waals surface area contributed by atoms with Gasteiger partial charge in [0.2, 0.25) is 0 Å². The Morgan fingerprint density at radius 3 is 2.50 bits per heavy atom. The van der Waals surface area contributed by atoms with E-state index in [2.05, 4.69) is 6.92 Å². The quantitative estimate of drug-likeness (QED) is 0.758. The third-order valence-electron chi connectivity index (χ3n) is 2.51. The summed E-state index contributed by atoms with van der Waals surface area (Å²) in [5.74, 6) is -0.538. The van der Waals surface area contributed by atoms with Crippen molar-refractivity contribution in [1.29, 1.82) is 0 Å². The number of hydrogen-bond donors (Lipinski definition) is 1. The summed E-state index contributed by atoms with van der Waals surface area (Å²) in [6.45, 7) is 6.09. The Balaban J connectivity index is 2.43. The highest BCUT2D eigenvalue weighted by Gasteiger charge is 2.34. The van der Waals surface area contributed by atoms with E-state index in [-0.39, 0.29) is 18.8 Å². The van der Waals surface area contributed by atoms with Gasteiger partial charge in [-0.25, -0.2) is 0 Å². The molecule has 1 N–H and O–H groups in total. The fourth-order valence-corrected chi connectivity index (χ4v) is 1.94. The fraction of sp³-hybridized carbons (Fsp3) is 1.00. The fourth-order valence-electron chi connectivity index (χ4n) is 1.94. The maximum absolute atomic E-state index is 9.09. The van der Waals surface area contributed by atoms with Gasteiger partial charge in [-0.15, -0.1) is 0 Å². The van der Waals surface area contributed by atoms with Gasteiger partial charge in [0.25, 0.3) is 0 Å². The average Bonchev–Trinajstić information content (AvgIpc) is 2.12. The van der Waals surface area contributed by atoms with Crippen LogP contribution >= 0.6 is 0 Å². The summed E-state index contributed by atoms with van der Waals surface area (Å²) >= 11 is 0. The molecule has 1 aliphatic heterocycles. The lowest BCUT2D eigenvalue weighted by Gasteiger charge is -2.40. The molecule has 1 saturated heterocycles. The van der Waals surface area contributed by atoms with Crippen LogP contribution in [0.5, 0.6) is 0 Å². The Kier molecular flexibility index (Phi) is 4.35. The third-order valence-corrected chi connectivity index (χ3v) is 2.51. The number of hydrogen-bond acceptors (Lipinski definition) is 3. The van der Waals surface area contributed by atoms with Gasteiger partial charge in [0.1, 0.15) is 0 Å². The Morgan fingerprint density at radius 1 is 1.29 bits per heavy atom. The van der Waals surface area contributed by atoms with Crippen LogP contribution < -0.4 is 0 Å². The predicted molar refractivity (Wildman–Crippen MR) is 55.1 cm³/mol. The Morgan fingerprint density at radius 2 is 1.93 bits per heavy atom. The van der Waals surface area contributed by atoms with E-state index in [4.69, 9.17) is 14.6 Å². The van der Waals surface area contributed by atoms with Crippen LogP contribution in [0.15, 0.2) is 0 Å². The first-order valence-electron chi connectivity index (χ1n) is 5.54. The van der Waals surface area contributed by atoms with Crippen LogP contribution in [-0.2, 0) is 9.47 Å². The molecule has 0 spiro atoms. The second-order valence-corrected chi connectivity index (χ2v) is 4.44. The Bertz CT molecular complexity index is 168. The summed E-state index contributed by atoms with van der Waals surface area (Å²) in [4.78, 5) is 0. The van der Waals surface area contributed by atoms with E-state index in [9.17, 15) is 0 Å². The van der Waals surface area contributed by atoms with Crippen molar-refractivity contribution in [2.45, 2.75) is 64.4 Å². The Hall–Kier alpha value is -0.120. The zero-order chi connectivity index (χ0) is 10.6. The molecular formula is C11H22O3. The van der Waals surface area contributed by atoms with Crippen molar-refractivity contribution in [2.24, 2.45) is 0 Å². The summed E-state index contributed by atoms with van der Waals surface area (Å²) in [5, 5.41) is 9.09. The topological polar surface area (TPSA) is 38.7 Å². The van der Waals surface area contributed by atoms with Gasteiger partial charge < -0.3 is 14.6 Å². The van der Waals surface area contributed by atoms with Gasteiger partial charge >= 0.3 is 0 Å². The monoisotopic (exact) mass is 202 g/mol. The molecule has 0 bridgehead atoms. The molecule has 0 saturated carbocycles. The average molecular weight is 202 g/mol. The van der Waals surface area contributed by atoms with Crippen molar-refractivity contribution < 1.29 is 14.6 Å². The molecule has 1 aliphatic rings. The standard InChI is InChI=1S/C11H22O3/c1-4-5-6-9-7-10(8-12)14-11(2,3)13-9/h9-10,12H,4-8H2,1-3H3/t9-,10-/m0/s1. The molecule has 1 rings (SSSR count). The molecule has 0 unspecified atom stereocenters. The first-order valence-corrected chi connectivity index (χ1v) is 5.54. The highest BCUT2D eigenvalue weighted by atomic mass is 16.7. The van der Waals surface area contributed by atoms with Gasteiger partial charge in [-0.2, -0.15) is 0 Å². The molecule has 0 amide bonds. The molecule has 0 aromatic carbocycles. The molecule has 3 heteroatoms. The summed E-state index contributed by atoms with van der Waals surface area (Å²) in [7, 11) is 0. The number of aliphatic hydroxyl groups is 1. The first kappa shape index (κ1) is 12.0. The zero-order valence-electron chi connectivity index (χ0n) is 9.45. The van der Waals surface area contributed by atoms with E-state index in [1.165, 1.54) is 12.8 Å².